The third-order valence-electron chi connectivity index (χ3n) is 1.91. The number of carbonyl (C=O) groups excluding carboxylic acids is 1. The van der Waals surface area contributed by atoms with Gasteiger partial charge in [0, 0.05) is 26.2 Å². The SMILES string of the molecule is CN1CCN(C(=O)NN)CC1.Cl.Cl. The predicted octanol–water partition coefficient (Wildman–Crippen LogP) is -0.339. The Morgan fingerprint density at radius 3 is 2.08 bits per heavy atom. The Labute approximate surface area is 90.4 Å². The summed E-state index contributed by atoms with van der Waals surface area (Å²) in [4.78, 5) is 14.8. The van der Waals surface area contributed by atoms with Crippen LogP contribution in [0.25, 0.3) is 0 Å². The van der Waals surface area contributed by atoms with Gasteiger partial charge < -0.3 is 9.80 Å². The summed E-state index contributed by atoms with van der Waals surface area (Å²) in [5.41, 5.74) is 2.12. The minimum atomic E-state index is -0.182. The first-order valence-corrected chi connectivity index (χ1v) is 3.68. The number of likely N-dealkylation sites (N-methyl/N-ethyl adjacent to an activating group) is 1. The molecule has 0 saturated carbocycles. The van der Waals surface area contributed by atoms with Gasteiger partial charge in [-0.2, -0.15) is 0 Å². The van der Waals surface area contributed by atoms with Crippen molar-refractivity contribution < 1.29 is 4.79 Å². The summed E-state index contributed by atoms with van der Waals surface area (Å²) in [5.74, 6) is 4.98. The Morgan fingerprint density at radius 1 is 1.23 bits per heavy atom. The summed E-state index contributed by atoms with van der Waals surface area (Å²) in [6.07, 6.45) is 0. The van der Waals surface area contributed by atoms with Crippen molar-refractivity contribution in [3.8, 4) is 0 Å². The molecule has 0 spiro atoms. The van der Waals surface area contributed by atoms with E-state index in [0.717, 1.165) is 26.2 Å². The zero-order valence-electron chi connectivity index (χ0n) is 7.52. The van der Waals surface area contributed by atoms with Gasteiger partial charge >= 0.3 is 6.03 Å². The Balaban J connectivity index is 0. The highest BCUT2D eigenvalue weighted by Gasteiger charge is 2.17. The van der Waals surface area contributed by atoms with Crippen LogP contribution in [-0.2, 0) is 0 Å². The fraction of sp³-hybridized carbons (Fsp3) is 0.833. The van der Waals surface area contributed by atoms with Crippen LogP contribution >= 0.6 is 24.8 Å². The molecule has 1 aliphatic heterocycles. The lowest BCUT2D eigenvalue weighted by Gasteiger charge is -2.31. The van der Waals surface area contributed by atoms with Crippen LogP contribution in [-0.4, -0.2) is 49.1 Å². The summed E-state index contributed by atoms with van der Waals surface area (Å²) in [7, 11) is 2.04. The maximum atomic E-state index is 10.9. The molecule has 80 valence electrons. The van der Waals surface area contributed by atoms with E-state index in [4.69, 9.17) is 5.84 Å². The zero-order valence-corrected chi connectivity index (χ0v) is 9.16. The fourth-order valence-corrected chi connectivity index (χ4v) is 1.10. The molecule has 0 atom stereocenters. The van der Waals surface area contributed by atoms with E-state index in [1.165, 1.54) is 0 Å². The largest absolute Gasteiger partial charge is 0.331 e. The molecule has 7 heteroatoms. The van der Waals surface area contributed by atoms with E-state index in [1.54, 1.807) is 4.90 Å². The first-order chi connectivity index (χ1) is 5.24. The van der Waals surface area contributed by atoms with E-state index >= 15 is 0 Å². The molecule has 1 heterocycles. The monoisotopic (exact) mass is 230 g/mol. The number of hydrogen-bond acceptors (Lipinski definition) is 3. The molecule has 3 N–H and O–H groups in total. The van der Waals surface area contributed by atoms with Crippen LogP contribution in [0.3, 0.4) is 0 Å². The number of carbonyl (C=O) groups is 1. The average molecular weight is 231 g/mol. The number of amides is 2. The second-order valence-corrected chi connectivity index (χ2v) is 2.74. The number of nitrogens with one attached hydrogen (secondary N) is 1. The lowest BCUT2D eigenvalue weighted by Crippen LogP contribution is -2.52. The molecule has 5 nitrogen and oxygen atoms in total. The van der Waals surface area contributed by atoms with Gasteiger partial charge in [0.15, 0.2) is 0 Å². The van der Waals surface area contributed by atoms with Gasteiger partial charge in [-0.25, -0.2) is 10.6 Å². The average Bonchev–Trinajstić information content (AvgIpc) is 2.05. The highest BCUT2D eigenvalue weighted by molar-refractivity contribution is 5.85. The van der Waals surface area contributed by atoms with Gasteiger partial charge in [-0.3, -0.25) is 5.43 Å². The van der Waals surface area contributed by atoms with E-state index in [9.17, 15) is 4.79 Å². The number of urea groups is 1. The normalized spacial score (nSPS) is 16.9. The Hall–Kier alpha value is -0.230. The van der Waals surface area contributed by atoms with Crippen molar-refractivity contribution in [2.45, 2.75) is 0 Å². The van der Waals surface area contributed by atoms with Crippen LogP contribution in [0.1, 0.15) is 0 Å². The molecule has 1 rings (SSSR count). The third-order valence-corrected chi connectivity index (χ3v) is 1.91. The molecular formula is C6H16Cl2N4O. The first kappa shape index (κ1) is 15.3. The van der Waals surface area contributed by atoms with Crippen molar-refractivity contribution >= 4 is 30.8 Å². The molecule has 13 heavy (non-hydrogen) atoms. The van der Waals surface area contributed by atoms with E-state index in [2.05, 4.69) is 10.3 Å². The molecule has 0 radical (unpaired) electrons. The summed E-state index contributed by atoms with van der Waals surface area (Å²) in [5, 5.41) is 0. The minimum absolute atomic E-state index is 0. The number of nitrogens with zero attached hydrogens (tertiary/aromatic N) is 2. The van der Waals surface area contributed by atoms with Crippen LogP contribution in [0.4, 0.5) is 4.79 Å². The van der Waals surface area contributed by atoms with Crippen LogP contribution in [0.5, 0.6) is 0 Å². The van der Waals surface area contributed by atoms with Gasteiger partial charge in [0.1, 0.15) is 0 Å². The lowest BCUT2D eigenvalue weighted by atomic mass is 10.3. The van der Waals surface area contributed by atoms with Gasteiger partial charge in [-0.1, -0.05) is 0 Å². The van der Waals surface area contributed by atoms with Crippen molar-refractivity contribution in [2.24, 2.45) is 5.84 Å². The first-order valence-electron chi connectivity index (χ1n) is 3.68. The summed E-state index contributed by atoms with van der Waals surface area (Å²) < 4.78 is 0. The molecular weight excluding hydrogens is 215 g/mol. The Bertz CT molecular complexity index is 150. The Morgan fingerprint density at radius 2 is 1.69 bits per heavy atom. The number of halogens is 2. The number of hydrazine groups is 1. The van der Waals surface area contributed by atoms with Crippen molar-refractivity contribution in [3.63, 3.8) is 0 Å². The van der Waals surface area contributed by atoms with E-state index in [-0.39, 0.29) is 30.8 Å². The summed E-state index contributed by atoms with van der Waals surface area (Å²) in [6.45, 7) is 3.37. The number of piperazine rings is 1. The molecule has 0 aromatic carbocycles. The molecule has 1 aliphatic rings. The summed E-state index contributed by atoms with van der Waals surface area (Å²) in [6, 6.07) is -0.182. The van der Waals surface area contributed by atoms with Gasteiger partial charge in [0.05, 0.1) is 0 Å². The number of nitrogens with two attached hydrogens (primary N) is 1. The summed E-state index contributed by atoms with van der Waals surface area (Å²) >= 11 is 0. The number of hydrogen-bond donors (Lipinski definition) is 2. The molecule has 0 aromatic rings. The van der Waals surface area contributed by atoms with Gasteiger partial charge in [0.2, 0.25) is 0 Å². The van der Waals surface area contributed by atoms with Gasteiger partial charge in [0.25, 0.3) is 0 Å². The number of rotatable bonds is 0. The van der Waals surface area contributed by atoms with Crippen LogP contribution < -0.4 is 11.3 Å². The second kappa shape index (κ2) is 7.20. The minimum Gasteiger partial charge on any atom is -0.321 e. The molecule has 1 saturated heterocycles. The van der Waals surface area contributed by atoms with Gasteiger partial charge in [-0.05, 0) is 7.05 Å². The Kier molecular flexibility index (Phi) is 8.45. The predicted molar refractivity (Wildman–Crippen MR) is 56.3 cm³/mol. The maximum absolute atomic E-state index is 10.9. The van der Waals surface area contributed by atoms with E-state index in [1.807, 2.05) is 7.05 Å². The topological polar surface area (TPSA) is 61.6 Å². The van der Waals surface area contributed by atoms with Crippen LogP contribution in [0, 0.1) is 0 Å². The molecule has 1 fully saturated rings. The molecule has 0 bridgehead atoms. The maximum Gasteiger partial charge on any atom is 0.331 e. The van der Waals surface area contributed by atoms with E-state index < -0.39 is 0 Å². The third kappa shape index (κ3) is 4.52. The second-order valence-electron chi connectivity index (χ2n) is 2.74. The van der Waals surface area contributed by atoms with Crippen molar-refractivity contribution in [2.75, 3.05) is 33.2 Å². The van der Waals surface area contributed by atoms with Crippen molar-refractivity contribution in [1.82, 2.24) is 15.2 Å². The quantitative estimate of drug-likeness (QED) is 0.340. The van der Waals surface area contributed by atoms with Gasteiger partial charge in [-0.15, -0.1) is 24.8 Å². The lowest BCUT2D eigenvalue weighted by molar-refractivity contribution is 0.154. The highest BCUT2D eigenvalue weighted by Crippen LogP contribution is 1.97. The molecule has 0 unspecified atom stereocenters. The standard InChI is InChI=1S/C6H14N4O.2ClH/c1-9-2-4-10(5-3-9)6(11)8-7;;/h2-5,7H2,1H3,(H,8,11);2*1H. The van der Waals surface area contributed by atoms with Crippen LogP contribution in [0.15, 0.2) is 0 Å². The van der Waals surface area contributed by atoms with Crippen molar-refractivity contribution in [1.29, 1.82) is 0 Å². The smallest absolute Gasteiger partial charge is 0.321 e. The zero-order chi connectivity index (χ0) is 8.27. The molecule has 2 amide bonds. The van der Waals surface area contributed by atoms with Crippen molar-refractivity contribution in [3.05, 3.63) is 0 Å². The van der Waals surface area contributed by atoms with Crippen LogP contribution in [0.2, 0.25) is 0 Å². The van der Waals surface area contributed by atoms with E-state index in [0.29, 0.717) is 0 Å². The molecule has 0 aliphatic carbocycles. The fourth-order valence-electron chi connectivity index (χ4n) is 1.10. The molecule has 0 aromatic heterocycles. The highest BCUT2D eigenvalue weighted by atomic mass is 35.5.